The first-order valence-electron chi connectivity index (χ1n) is 11.1. The van der Waals surface area contributed by atoms with Gasteiger partial charge in [0, 0.05) is 37.4 Å². The van der Waals surface area contributed by atoms with E-state index in [2.05, 4.69) is 10.2 Å². The quantitative estimate of drug-likeness (QED) is 0.607. The molecule has 3 aromatic rings. The van der Waals surface area contributed by atoms with Gasteiger partial charge in [-0.25, -0.2) is 8.42 Å². The summed E-state index contributed by atoms with van der Waals surface area (Å²) in [5.74, 6) is 0.177. The van der Waals surface area contributed by atoms with Crippen molar-refractivity contribution in [3.05, 3.63) is 89.3 Å². The van der Waals surface area contributed by atoms with E-state index in [-0.39, 0.29) is 9.80 Å². The number of methoxy groups -OCH3 is 1. The first-order chi connectivity index (χ1) is 16.5. The number of rotatable bonds is 5. The Morgan fingerprint density at radius 2 is 1.44 bits per heavy atom. The Morgan fingerprint density at radius 3 is 2.18 bits per heavy atom. The first-order valence-corrected chi connectivity index (χ1v) is 12.6. The Hall–Kier alpha value is -3.78. The second-order valence-electron chi connectivity index (χ2n) is 8.14. The van der Waals surface area contributed by atoms with Crippen LogP contribution < -0.4 is 15.0 Å². The van der Waals surface area contributed by atoms with Gasteiger partial charge < -0.3 is 19.9 Å². The van der Waals surface area contributed by atoms with E-state index in [1.54, 1.807) is 55.6 Å². The maximum atomic E-state index is 13.5. The summed E-state index contributed by atoms with van der Waals surface area (Å²) in [5.41, 5.74) is 2.60. The molecule has 0 unspecified atom stereocenters. The van der Waals surface area contributed by atoms with E-state index in [1.165, 1.54) is 0 Å². The molecule has 3 aromatic carbocycles. The highest BCUT2D eigenvalue weighted by molar-refractivity contribution is 7.97. The van der Waals surface area contributed by atoms with Gasteiger partial charge >= 0.3 is 0 Å². The standard InChI is InChI=1S/C26H25N3O4S/c1-33-22-13-7-6-12-21(22)28-15-17-29(18-16-28)24-20-11-5-8-14-23(20)34(31,32)25(24)26(30)27-19-9-3-2-4-10-19/h2-14H,15-18H2,1H3,(H,27,30). The van der Waals surface area contributed by atoms with Gasteiger partial charge in [-0.2, -0.15) is 0 Å². The van der Waals surface area contributed by atoms with E-state index in [1.807, 2.05) is 35.2 Å². The molecule has 1 amide bonds. The summed E-state index contributed by atoms with van der Waals surface area (Å²) in [7, 11) is -2.30. The molecule has 0 aromatic heterocycles. The van der Waals surface area contributed by atoms with Crippen molar-refractivity contribution in [2.75, 3.05) is 43.5 Å². The molecule has 1 fully saturated rings. The number of sulfone groups is 1. The minimum atomic E-state index is -3.95. The van der Waals surface area contributed by atoms with Crippen molar-refractivity contribution in [2.45, 2.75) is 4.90 Å². The maximum Gasteiger partial charge on any atom is 0.269 e. The molecule has 5 rings (SSSR count). The van der Waals surface area contributed by atoms with Crippen LogP contribution in [0.15, 0.2) is 88.7 Å². The largest absolute Gasteiger partial charge is 0.495 e. The Labute approximate surface area is 199 Å². The van der Waals surface area contributed by atoms with Gasteiger partial charge in [-0.3, -0.25) is 4.79 Å². The molecule has 2 aliphatic rings. The van der Waals surface area contributed by atoms with Crippen LogP contribution in [-0.2, 0) is 14.6 Å². The Kier molecular flexibility index (Phi) is 5.75. The third-order valence-corrected chi connectivity index (χ3v) is 8.03. The minimum absolute atomic E-state index is 0.176. The second kappa shape index (κ2) is 8.87. The lowest BCUT2D eigenvalue weighted by Gasteiger charge is -2.38. The van der Waals surface area contributed by atoms with E-state index < -0.39 is 15.7 Å². The van der Waals surface area contributed by atoms with Crippen LogP contribution in [0.2, 0.25) is 0 Å². The number of carbonyl (C=O) groups excluding carboxylic acids is 1. The van der Waals surface area contributed by atoms with Crippen LogP contribution in [0.3, 0.4) is 0 Å². The highest BCUT2D eigenvalue weighted by Gasteiger charge is 2.42. The molecule has 2 aliphatic heterocycles. The van der Waals surface area contributed by atoms with E-state index >= 15 is 0 Å². The average molecular weight is 476 g/mol. The van der Waals surface area contributed by atoms with Crippen molar-refractivity contribution < 1.29 is 17.9 Å². The number of hydrogen-bond donors (Lipinski definition) is 1. The smallest absolute Gasteiger partial charge is 0.269 e. The van der Waals surface area contributed by atoms with Crippen molar-refractivity contribution in [3.63, 3.8) is 0 Å². The molecule has 1 N–H and O–H groups in total. The zero-order valence-electron chi connectivity index (χ0n) is 18.8. The van der Waals surface area contributed by atoms with E-state index in [4.69, 9.17) is 4.74 Å². The van der Waals surface area contributed by atoms with E-state index in [0.29, 0.717) is 43.1 Å². The summed E-state index contributed by atoms with van der Waals surface area (Å²) in [4.78, 5) is 17.5. The third kappa shape index (κ3) is 3.80. The molecule has 0 radical (unpaired) electrons. The summed E-state index contributed by atoms with van der Waals surface area (Å²) in [6.45, 7) is 2.47. The van der Waals surface area contributed by atoms with Gasteiger partial charge in [0.2, 0.25) is 9.84 Å². The highest BCUT2D eigenvalue weighted by Crippen LogP contribution is 2.42. The van der Waals surface area contributed by atoms with Crippen molar-refractivity contribution in [3.8, 4) is 5.75 Å². The number of nitrogens with zero attached hydrogens (tertiary/aromatic N) is 2. The lowest BCUT2D eigenvalue weighted by molar-refractivity contribution is -0.112. The molecule has 8 heteroatoms. The summed E-state index contributed by atoms with van der Waals surface area (Å²) in [5, 5.41) is 2.76. The average Bonchev–Trinajstić information content (AvgIpc) is 3.12. The number of benzene rings is 3. The van der Waals surface area contributed by atoms with Crippen molar-refractivity contribution >= 4 is 32.8 Å². The van der Waals surface area contributed by atoms with Crippen LogP contribution in [0, 0.1) is 0 Å². The molecule has 34 heavy (non-hydrogen) atoms. The lowest BCUT2D eigenvalue weighted by atomic mass is 10.1. The maximum absolute atomic E-state index is 13.5. The fraction of sp³-hybridized carbons (Fsp3) is 0.192. The van der Waals surface area contributed by atoms with Crippen LogP contribution in [0.5, 0.6) is 5.75 Å². The summed E-state index contributed by atoms with van der Waals surface area (Å²) >= 11 is 0. The number of nitrogens with one attached hydrogen (secondary N) is 1. The zero-order chi connectivity index (χ0) is 23.7. The van der Waals surface area contributed by atoms with Gasteiger partial charge in [-0.1, -0.05) is 48.5 Å². The van der Waals surface area contributed by atoms with Gasteiger partial charge in [0.15, 0.2) is 4.91 Å². The monoisotopic (exact) mass is 475 g/mol. The number of ether oxygens (including phenoxy) is 1. The second-order valence-corrected chi connectivity index (χ2v) is 10.00. The molecule has 0 bridgehead atoms. The number of para-hydroxylation sites is 3. The van der Waals surface area contributed by atoms with Crippen LogP contribution in [0.1, 0.15) is 5.56 Å². The molecule has 0 saturated carbocycles. The van der Waals surface area contributed by atoms with E-state index in [0.717, 1.165) is 11.4 Å². The van der Waals surface area contributed by atoms with Gasteiger partial charge in [0.1, 0.15) is 5.75 Å². The predicted molar refractivity (Wildman–Crippen MR) is 132 cm³/mol. The topological polar surface area (TPSA) is 79.0 Å². The molecular weight excluding hydrogens is 450 g/mol. The fourth-order valence-corrected chi connectivity index (χ4v) is 6.29. The first kappa shape index (κ1) is 22.0. The molecule has 0 atom stereocenters. The lowest BCUT2D eigenvalue weighted by Crippen LogP contribution is -2.46. The molecule has 0 aliphatic carbocycles. The van der Waals surface area contributed by atoms with Crippen LogP contribution in [0.25, 0.3) is 5.70 Å². The molecular formula is C26H25N3O4S. The number of anilines is 2. The third-order valence-electron chi connectivity index (χ3n) is 6.18. The van der Waals surface area contributed by atoms with Crippen molar-refractivity contribution in [1.29, 1.82) is 0 Å². The molecule has 7 nitrogen and oxygen atoms in total. The number of fused-ring (bicyclic) bond motifs is 1. The summed E-state index contributed by atoms with van der Waals surface area (Å²) in [6.07, 6.45) is 0. The van der Waals surface area contributed by atoms with Gasteiger partial charge in [-0.05, 0) is 30.3 Å². The molecule has 1 saturated heterocycles. The summed E-state index contributed by atoms with van der Waals surface area (Å²) < 4.78 is 32.4. The fourth-order valence-electron chi connectivity index (χ4n) is 4.57. The Morgan fingerprint density at radius 1 is 0.824 bits per heavy atom. The molecule has 2 heterocycles. The van der Waals surface area contributed by atoms with E-state index in [9.17, 15) is 13.2 Å². The zero-order valence-corrected chi connectivity index (χ0v) is 19.6. The summed E-state index contributed by atoms with van der Waals surface area (Å²) in [6, 6.07) is 23.6. The van der Waals surface area contributed by atoms with Crippen molar-refractivity contribution in [2.24, 2.45) is 0 Å². The van der Waals surface area contributed by atoms with Gasteiger partial charge in [-0.15, -0.1) is 0 Å². The minimum Gasteiger partial charge on any atom is -0.495 e. The molecule has 174 valence electrons. The number of hydrogen-bond acceptors (Lipinski definition) is 6. The van der Waals surface area contributed by atoms with Crippen LogP contribution >= 0.6 is 0 Å². The number of carbonyl (C=O) groups is 1. The number of amides is 1. The normalized spacial score (nSPS) is 16.9. The van der Waals surface area contributed by atoms with Crippen molar-refractivity contribution in [1.82, 2.24) is 4.90 Å². The van der Waals surface area contributed by atoms with Gasteiger partial charge in [0.05, 0.1) is 23.4 Å². The number of piperazine rings is 1. The molecule has 0 spiro atoms. The Bertz CT molecular complexity index is 1360. The SMILES string of the molecule is COc1ccccc1N1CCN(C2=C(C(=O)Nc3ccccc3)S(=O)(=O)c3ccccc32)CC1. The predicted octanol–water partition coefficient (Wildman–Crippen LogP) is 3.61. The Balaban J connectivity index is 1.49. The highest BCUT2D eigenvalue weighted by atomic mass is 32.2. The van der Waals surface area contributed by atoms with Crippen LogP contribution in [-0.4, -0.2) is 52.5 Å². The van der Waals surface area contributed by atoms with Gasteiger partial charge in [0.25, 0.3) is 5.91 Å². The van der Waals surface area contributed by atoms with Crippen LogP contribution in [0.4, 0.5) is 11.4 Å².